The number of methoxy groups -OCH3 is 1. The highest BCUT2D eigenvalue weighted by atomic mass is 79.9. The van der Waals surface area contributed by atoms with Crippen LogP contribution in [0.3, 0.4) is 0 Å². The van der Waals surface area contributed by atoms with Crippen molar-refractivity contribution < 1.29 is 18.7 Å². The Balaban J connectivity index is 1.82. The number of ether oxygens (including phenoxy) is 2. The minimum absolute atomic E-state index is 0.193. The molecule has 4 nitrogen and oxygen atoms in total. The van der Waals surface area contributed by atoms with E-state index in [1.54, 1.807) is 19.3 Å². The maximum atomic E-state index is 12.4. The molecule has 0 saturated carbocycles. The molecule has 0 aliphatic heterocycles. The van der Waals surface area contributed by atoms with Crippen LogP contribution < -0.4 is 9.47 Å². The second-order valence-corrected chi connectivity index (χ2v) is 6.25. The minimum atomic E-state index is -0.193. The SMILES string of the molecule is CCOc1cc(/C=C/C(=O)c2cc3cc(Br)ccc3o2)ccc1OC. The van der Waals surface area contributed by atoms with Gasteiger partial charge in [-0.3, -0.25) is 4.79 Å². The molecule has 2 aromatic carbocycles. The van der Waals surface area contributed by atoms with Crippen LogP contribution in [0.25, 0.3) is 17.0 Å². The molecular weight excluding hydrogens is 384 g/mol. The lowest BCUT2D eigenvalue weighted by atomic mass is 10.1. The monoisotopic (exact) mass is 400 g/mol. The van der Waals surface area contributed by atoms with Crippen LogP contribution in [-0.4, -0.2) is 19.5 Å². The predicted molar refractivity (Wildman–Crippen MR) is 101 cm³/mol. The molecule has 0 amide bonds. The molecule has 0 fully saturated rings. The summed E-state index contributed by atoms with van der Waals surface area (Å²) in [6.45, 7) is 2.45. The van der Waals surface area contributed by atoms with Gasteiger partial charge >= 0.3 is 0 Å². The van der Waals surface area contributed by atoms with Crippen molar-refractivity contribution >= 4 is 38.8 Å². The van der Waals surface area contributed by atoms with Crippen LogP contribution in [0.15, 0.2) is 57.4 Å². The first-order valence-corrected chi connectivity index (χ1v) is 8.62. The average molecular weight is 401 g/mol. The van der Waals surface area contributed by atoms with Crippen molar-refractivity contribution in [2.75, 3.05) is 13.7 Å². The van der Waals surface area contributed by atoms with Gasteiger partial charge in [-0.1, -0.05) is 28.1 Å². The Bertz CT molecular complexity index is 940. The highest BCUT2D eigenvalue weighted by Crippen LogP contribution is 2.29. The number of fused-ring (bicyclic) bond motifs is 1. The first kappa shape index (κ1) is 17.3. The molecule has 0 atom stereocenters. The number of furan rings is 1. The van der Waals surface area contributed by atoms with E-state index in [4.69, 9.17) is 13.9 Å². The molecule has 0 bridgehead atoms. The Morgan fingerprint density at radius 1 is 1.16 bits per heavy atom. The van der Waals surface area contributed by atoms with Gasteiger partial charge in [0.15, 0.2) is 17.3 Å². The van der Waals surface area contributed by atoms with Gasteiger partial charge in [0, 0.05) is 9.86 Å². The number of benzene rings is 2. The van der Waals surface area contributed by atoms with Crippen molar-refractivity contribution in [3.63, 3.8) is 0 Å². The van der Waals surface area contributed by atoms with E-state index in [0.29, 0.717) is 29.4 Å². The van der Waals surface area contributed by atoms with Crippen molar-refractivity contribution in [3.05, 3.63) is 64.3 Å². The second kappa shape index (κ2) is 7.57. The summed E-state index contributed by atoms with van der Waals surface area (Å²) >= 11 is 3.41. The predicted octanol–water partition coefficient (Wildman–Crippen LogP) is 5.50. The Hall–Kier alpha value is -2.53. The van der Waals surface area contributed by atoms with E-state index in [1.165, 1.54) is 6.08 Å². The van der Waals surface area contributed by atoms with Gasteiger partial charge in [0.1, 0.15) is 5.58 Å². The van der Waals surface area contributed by atoms with Crippen LogP contribution in [0.4, 0.5) is 0 Å². The van der Waals surface area contributed by atoms with Gasteiger partial charge in [0.25, 0.3) is 0 Å². The Morgan fingerprint density at radius 2 is 2.00 bits per heavy atom. The lowest BCUT2D eigenvalue weighted by Gasteiger charge is -2.09. The van der Waals surface area contributed by atoms with Gasteiger partial charge < -0.3 is 13.9 Å². The molecule has 3 aromatic rings. The summed E-state index contributed by atoms with van der Waals surface area (Å²) < 4.78 is 17.3. The number of ketones is 1. The number of hydrogen-bond donors (Lipinski definition) is 0. The van der Waals surface area contributed by atoms with E-state index in [0.717, 1.165) is 15.4 Å². The zero-order valence-corrected chi connectivity index (χ0v) is 15.5. The molecule has 0 saturated heterocycles. The molecule has 3 rings (SSSR count). The van der Waals surface area contributed by atoms with Gasteiger partial charge in [-0.05, 0) is 55.0 Å². The molecule has 1 heterocycles. The highest BCUT2D eigenvalue weighted by Gasteiger charge is 2.10. The molecule has 0 radical (unpaired) electrons. The number of allylic oxidation sites excluding steroid dienone is 1. The molecule has 128 valence electrons. The molecule has 1 aromatic heterocycles. The molecule has 0 N–H and O–H groups in total. The van der Waals surface area contributed by atoms with E-state index in [-0.39, 0.29) is 5.78 Å². The van der Waals surface area contributed by atoms with Crippen LogP contribution in [-0.2, 0) is 0 Å². The quantitative estimate of drug-likeness (QED) is 0.404. The van der Waals surface area contributed by atoms with E-state index in [9.17, 15) is 4.79 Å². The number of halogens is 1. The van der Waals surface area contributed by atoms with Gasteiger partial charge in [-0.25, -0.2) is 0 Å². The zero-order valence-electron chi connectivity index (χ0n) is 13.9. The van der Waals surface area contributed by atoms with Gasteiger partial charge in [0.2, 0.25) is 5.78 Å². The smallest absolute Gasteiger partial charge is 0.221 e. The third-order valence-electron chi connectivity index (χ3n) is 3.64. The summed E-state index contributed by atoms with van der Waals surface area (Å²) in [6.07, 6.45) is 3.22. The lowest BCUT2D eigenvalue weighted by Crippen LogP contribution is -1.95. The van der Waals surface area contributed by atoms with Crippen molar-refractivity contribution in [1.29, 1.82) is 0 Å². The fourth-order valence-electron chi connectivity index (χ4n) is 2.45. The fourth-order valence-corrected chi connectivity index (χ4v) is 2.83. The van der Waals surface area contributed by atoms with E-state index >= 15 is 0 Å². The van der Waals surface area contributed by atoms with Gasteiger partial charge in [0.05, 0.1) is 13.7 Å². The van der Waals surface area contributed by atoms with E-state index in [2.05, 4.69) is 15.9 Å². The molecule has 25 heavy (non-hydrogen) atoms. The summed E-state index contributed by atoms with van der Waals surface area (Å²) in [5.74, 6) is 1.42. The van der Waals surface area contributed by atoms with Crippen LogP contribution >= 0.6 is 15.9 Å². The van der Waals surface area contributed by atoms with Gasteiger partial charge in [-0.15, -0.1) is 0 Å². The van der Waals surface area contributed by atoms with Crippen LogP contribution in [0.2, 0.25) is 0 Å². The summed E-state index contributed by atoms with van der Waals surface area (Å²) in [5, 5.41) is 0.884. The molecule has 0 unspecified atom stereocenters. The van der Waals surface area contributed by atoms with Crippen LogP contribution in [0.5, 0.6) is 11.5 Å². The summed E-state index contributed by atoms with van der Waals surface area (Å²) in [5.41, 5.74) is 1.53. The van der Waals surface area contributed by atoms with Crippen molar-refractivity contribution in [1.82, 2.24) is 0 Å². The van der Waals surface area contributed by atoms with E-state index < -0.39 is 0 Å². The standard InChI is InChI=1S/C20H17BrO4/c1-3-24-20-10-13(5-8-18(20)23-2)4-7-16(22)19-12-14-11-15(21)6-9-17(14)25-19/h4-12H,3H2,1-2H3/b7-4+. The Kier molecular flexibility index (Phi) is 5.24. The maximum absolute atomic E-state index is 12.4. The second-order valence-electron chi connectivity index (χ2n) is 5.33. The lowest BCUT2D eigenvalue weighted by molar-refractivity contribution is 0.102. The van der Waals surface area contributed by atoms with Crippen LogP contribution in [0, 0.1) is 0 Å². The average Bonchev–Trinajstić information content (AvgIpc) is 3.03. The molecule has 0 aliphatic rings. The molecular formula is C20H17BrO4. The van der Waals surface area contributed by atoms with Gasteiger partial charge in [-0.2, -0.15) is 0 Å². The van der Waals surface area contributed by atoms with Crippen molar-refractivity contribution in [3.8, 4) is 11.5 Å². The normalized spacial score (nSPS) is 11.2. The maximum Gasteiger partial charge on any atom is 0.221 e. The molecule has 0 aliphatic carbocycles. The largest absolute Gasteiger partial charge is 0.493 e. The highest BCUT2D eigenvalue weighted by molar-refractivity contribution is 9.10. The minimum Gasteiger partial charge on any atom is -0.493 e. The fraction of sp³-hybridized carbons (Fsp3) is 0.150. The molecule has 5 heteroatoms. The third kappa shape index (κ3) is 3.94. The first-order valence-electron chi connectivity index (χ1n) is 7.83. The summed E-state index contributed by atoms with van der Waals surface area (Å²) in [4.78, 5) is 12.4. The number of rotatable bonds is 6. The topological polar surface area (TPSA) is 48.7 Å². The Labute approximate surface area is 154 Å². The third-order valence-corrected chi connectivity index (χ3v) is 4.13. The number of carbonyl (C=O) groups is 1. The summed E-state index contributed by atoms with van der Waals surface area (Å²) in [6, 6.07) is 12.9. The number of carbonyl (C=O) groups excluding carboxylic acids is 1. The van der Waals surface area contributed by atoms with Crippen molar-refractivity contribution in [2.24, 2.45) is 0 Å². The van der Waals surface area contributed by atoms with Crippen LogP contribution in [0.1, 0.15) is 23.0 Å². The summed E-state index contributed by atoms with van der Waals surface area (Å²) in [7, 11) is 1.59. The zero-order chi connectivity index (χ0) is 17.8. The van der Waals surface area contributed by atoms with E-state index in [1.807, 2.05) is 43.3 Å². The number of hydrogen-bond acceptors (Lipinski definition) is 4. The first-order chi connectivity index (χ1) is 12.1. The Morgan fingerprint density at radius 3 is 2.76 bits per heavy atom. The van der Waals surface area contributed by atoms with Crippen molar-refractivity contribution in [2.45, 2.75) is 6.92 Å². The molecule has 0 spiro atoms.